The molecule has 0 saturated heterocycles. The Labute approximate surface area is 280 Å². The second kappa shape index (κ2) is 17.0. The third-order valence-corrected chi connectivity index (χ3v) is 7.98. The van der Waals surface area contributed by atoms with Crippen LogP contribution in [0.4, 0.5) is 0 Å². The minimum Gasteiger partial charge on any atom is -0.494 e. The van der Waals surface area contributed by atoms with Crippen LogP contribution in [-0.2, 0) is 28.9 Å². The molecule has 2 atom stereocenters. The summed E-state index contributed by atoms with van der Waals surface area (Å²) in [6.07, 6.45) is 0.538. The first-order valence-electron chi connectivity index (χ1n) is 16.0. The van der Waals surface area contributed by atoms with Gasteiger partial charge in [0, 0.05) is 36.5 Å². The number of hydrogen-bond donors (Lipinski definition) is 3. The molecule has 1 aliphatic rings. The van der Waals surface area contributed by atoms with E-state index in [0.29, 0.717) is 55.4 Å². The van der Waals surface area contributed by atoms with Crippen molar-refractivity contribution in [3.8, 4) is 11.5 Å². The van der Waals surface area contributed by atoms with E-state index in [9.17, 15) is 4.79 Å². The quantitative estimate of drug-likeness (QED) is 0.0419. The van der Waals surface area contributed by atoms with E-state index in [0.717, 1.165) is 22.4 Å². The van der Waals surface area contributed by atoms with Crippen molar-refractivity contribution in [3.05, 3.63) is 141 Å². The molecule has 5 rings (SSSR count). The fourth-order valence-corrected chi connectivity index (χ4v) is 5.66. The van der Waals surface area contributed by atoms with Crippen LogP contribution in [0.25, 0.3) is 10.4 Å². The number of ether oxygens (including phenoxy) is 3. The van der Waals surface area contributed by atoms with Crippen LogP contribution in [0.15, 0.2) is 113 Å². The molecule has 0 fully saturated rings. The average molecular weight is 649 g/mol. The van der Waals surface area contributed by atoms with Gasteiger partial charge in [0.1, 0.15) is 11.5 Å². The molecule has 1 amide bonds. The molecule has 0 saturated carbocycles. The summed E-state index contributed by atoms with van der Waals surface area (Å²) >= 11 is 0. The molecule has 1 heterocycles. The van der Waals surface area contributed by atoms with E-state index in [1.165, 1.54) is 0 Å². The number of azide groups is 1. The van der Waals surface area contributed by atoms with Gasteiger partial charge < -0.3 is 19.3 Å². The SMILES string of the molecule is CCOc1ccccc1CCNNC(=O)[C@@]1(Cc2ccccc2)N=C(c2ccc(OCCCO)cc2)O[C@H]1c1ccccc1CN=[N+]=[N-]. The molecule has 11 nitrogen and oxygen atoms in total. The maximum absolute atomic E-state index is 14.5. The number of nitrogens with one attached hydrogen (secondary N) is 2. The van der Waals surface area contributed by atoms with Crippen LogP contribution in [-0.4, -0.2) is 48.8 Å². The summed E-state index contributed by atoms with van der Waals surface area (Å²) in [4.78, 5) is 22.6. The molecule has 4 aromatic carbocycles. The van der Waals surface area contributed by atoms with Gasteiger partial charge in [0.2, 0.25) is 5.90 Å². The summed E-state index contributed by atoms with van der Waals surface area (Å²) in [6.45, 7) is 3.48. The van der Waals surface area contributed by atoms with Gasteiger partial charge in [-0.1, -0.05) is 77.9 Å². The largest absolute Gasteiger partial charge is 0.494 e. The zero-order valence-corrected chi connectivity index (χ0v) is 26.9. The monoisotopic (exact) mass is 648 g/mol. The molecule has 0 aliphatic carbocycles. The number of hydrazine groups is 1. The van der Waals surface area contributed by atoms with Crippen LogP contribution in [0.5, 0.6) is 11.5 Å². The number of amides is 1. The fraction of sp³-hybridized carbons (Fsp3) is 0.297. The third kappa shape index (κ3) is 8.32. The number of hydrogen-bond acceptors (Lipinski definition) is 8. The Bertz CT molecular complexity index is 1730. The third-order valence-electron chi connectivity index (χ3n) is 7.98. The van der Waals surface area contributed by atoms with E-state index in [1.807, 2.05) is 110 Å². The van der Waals surface area contributed by atoms with Crippen molar-refractivity contribution in [1.29, 1.82) is 0 Å². The van der Waals surface area contributed by atoms with Crippen LogP contribution in [0.2, 0.25) is 0 Å². The smallest absolute Gasteiger partial charge is 0.266 e. The van der Waals surface area contributed by atoms with Crippen LogP contribution in [0, 0.1) is 0 Å². The number of aliphatic imine (C=N–C) groups is 1. The molecule has 0 bridgehead atoms. The molecular formula is C37H40N6O5. The van der Waals surface area contributed by atoms with Gasteiger partial charge in [-0.05, 0) is 71.5 Å². The number of benzene rings is 4. The van der Waals surface area contributed by atoms with E-state index < -0.39 is 11.6 Å². The van der Waals surface area contributed by atoms with Crippen molar-refractivity contribution in [3.63, 3.8) is 0 Å². The highest BCUT2D eigenvalue weighted by Gasteiger charge is 2.53. The Morgan fingerprint density at radius 3 is 2.46 bits per heavy atom. The highest BCUT2D eigenvalue weighted by molar-refractivity contribution is 6.01. The van der Waals surface area contributed by atoms with Gasteiger partial charge in [-0.3, -0.25) is 10.2 Å². The number of carbonyl (C=O) groups is 1. The Kier molecular flexibility index (Phi) is 12.0. The van der Waals surface area contributed by atoms with Crippen LogP contribution in [0.3, 0.4) is 0 Å². The number of aliphatic hydroxyl groups excluding tert-OH is 1. The predicted octanol–water partition coefficient (Wildman–Crippen LogP) is 6.02. The van der Waals surface area contributed by atoms with Gasteiger partial charge in [-0.25, -0.2) is 10.4 Å². The van der Waals surface area contributed by atoms with Gasteiger partial charge in [0.15, 0.2) is 11.6 Å². The lowest BCUT2D eigenvalue weighted by atomic mass is 9.81. The first kappa shape index (κ1) is 34.0. The van der Waals surface area contributed by atoms with Gasteiger partial charge >= 0.3 is 0 Å². The van der Waals surface area contributed by atoms with Crippen molar-refractivity contribution in [2.75, 3.05) is 26.4 Å². The minimum absolute atomic E-state index is 0.0479. The number of aliphatic hydroxyl groups is 1. The first-order chi connectivity index (χ1) is 23.6. The van der Waals surface area contributed by atoms with Gasteiger partial charge in [0.05, 0.1) is 19.8 Å². The molecule has 0 aromatic heterocycles. The van der Waals surface area contributed by atoms with Gasteiger partial charge in [0.25, 0.3) is 5.91 Å². The minimum atomic E-state index is -1.43. The number of para-hydroxylation sites is 1. The Hall–Kier alpha value is -5.35. The van der Waals surface area contributed by atoms with Crippen LogP contribution >= 0.6 is 0 Å². The topological polar surface area (TPSA) is 150 Å². The van der Waals surface area contributed by atoms with E-state index in [4.69, 9.17) is 29.8 Å². The van der Waals surface area contributed by atoms with E-state index in [-0.39, 0.29) is 25.5 Å². The zero-order valence-electron chi connectivity index (χ0n) is 26.9. The average Bonchev–Trinajstić information content (AvgIpc) is 3.51. The van der Waals surface area contributed by atoms with E-state index in [1.54, 1.807) is 0 Å². The maximum Gasteiger partial charge on any atom is 0.266 e. The molecule has 11 heteroatoms. The molecule has 1 aliphatic heterocycles. The Morgan fingerprint density at radius 1 is 0.979 bits per heavy atom. The molecule has 0 radical (unpaired) electrons. The second-order valence-electron chi connectivity index (χ2n) is 11.2. The summed E-state index contributed by atoms with van der Waals surface area (Å²) in [5.41, 5.74) is 17.8. The van der Waals surface area contributed by atoms with Gasteiger partial charge in [-0.15, -0.1) is 0 Å². The Balaban J connectivity index is 1.50. The Morgan fingerprint density at radius 2 is 1.71 bits per heavy atom. The standard InChI is InChI=1S/C37H40N6O5/c1-2-46-33-16-9-7-13-28(33)21-22-39-42-36(45)37(25-27-11-4-3-5-12-27)34(32-15-8-6-14-30(32)26-40-43-38)48-35(41-37)29-17-19-31(20-18-29)47-24-10-23-44/h3-9,11-20,34,39,44H,2,10,21-26H2,1H3,(H,42,45)/t34-,37-/m0/s1. The summed E-state index contributed by atoms with van der Waals surface area (Å²) in [5.74, 6) is 1.39. The number of rotatable bonds is 17. The van der Waals surface area contributed by atoms with E-state index in [2.05, 4.69) is 20.9 Å². The van der Waals surface area contributed by atoms with Crippen molar-refractivity contribution in [2.45, 2.75) is 44.4 Å². The molecule has 3 N–H and O–H groups in total. The number of nitrogens with zero attached hydrogens (tertiary/aromatic N) is 4. The fourth-order valence-electron chi connectivity index (χ4n) is 5.66. The normalized spacial score (nSPS) is 16.7. The summed E-state index contributed by atoms with van der Waals surface area (Å²) < 4.78 is 18.1. The molecule has 248 valence electrons. The molecule has 48 heavy (non-hydrogen) atoms. The summed E-state index contributed by atoms with van der Waals surface area (Å²) in [6, 6.07) is 32.3. The van der Waals surface area contributed by atoms with E-state index >= 15 is 0 Å². The first-order valence-corrected chi connectivity index (χ1v) is 16.0. The lowest BCUT2D eigenvalue weighted by Crippen LogP contribution is -2.54. The van der Waals surface area contributed by atoms with Crippen LogP contribution in [0.1, 0.15) is 47.3 Å². The zero-order chi connectivity index (χ0) is 33.6. The molecule has 0 spiro atoms. The lowest BCUT2D eigenvalue weighted by molar-refractivity contribution is -0.130. The van der Waals surface area contributed by atoms with Crippen LogP contribution < -0.4 is 20.3 Å². The lowest BCUT2D eigenvalue weighted by Gasteiger charge is -2.31. The predicted molar refractivity (Wildman–Crippen MR) is 184 cm³/mol. The van der Waals surface area contributed by atoms with Crippen molar-refractivity contribution in [1.82, 2.24) is 10.9 Å². The highest BCUT2D eigenvalue weighted by Crippen LogP contribution is 2.43. The van der Waals surface area contributed by atoms with Crippen molar-refractivity contribution < 1.29 is 24.1 Å². The second-order valence-corrected chi connectivity index (χ2v) is 11.2. The summed E-state index contributed by atoms with van der Waals surface area (Å²) in [7, 11) is 0. The molecular weight excluding hydrogens is 608 g/mol. The maximum atomic E-state index is 14.5. The van der Waals surface area contributed by atoms with Gasteiger partial charge in [-0.2, -0.15) is 0 Å². The van der Waals surface area contributed by atoms with Crippen molar-refractivity contribution >= 4 is 11.8 Å². The molecule has 4 aromatic rings. The molecule has 0 unspecified atom stereocenters. The van der Waals surface area contributed by atoms with Crippen molar-refractivity contribution in [2.24, 2.45) is 10.1 Å². The number of carbonyl (C=O) groups excluding carboxylic acids is 1. The summed E-state index contributed by atoms with van der Waals surface area (Å²) in [5, 5.41) is 12.9. The highest BCUT2D eigenvalue weighted by atomic mass is 16.5.